The van der Waals surface area contributed by atoms with Gasteiger partial charge in [0, 0.05) is 48.4 Å². The van der Waals surface area contributed by atoms with Crippen molar-refractivity contribution in [3.63, 3.8) is 0 Å². The summed E-state index contributed by atoms with van der Waals surface area (Å²) >= 11 is 0. The van der Waals surface area contributed by atoms with Gasteiger partial charge in [-0.05, 0) is 73.2 Å². The third kappa shape index (κ3) is 13.7. The van der Waals surface area contributed by atoms with E-state index in [9.17, 15) is 19.2 Å². The van der Waals surface area contributed by atoms with Gasteiger partial charge in [0.1, 0.15) is 0 Å². The van der Waals surface area contributed by atoms with Crippen LogP contribution in [0.2, 0.25) is 0 Å². The van der Waals surface area contributed by atoms with Crippen LogP contribution in [0.25, 0.3) is 0 Å². The predicted molar refractivity (Wildman–Crippen MR) is 189 cm³/mol. The summed E-state index contributed by atoms with van der Waals surface area (Å²) in [6.45, 7) is 0. The molecule has 4 aromatic carbocycles. The summed E-state index contributed by atoms with van der Waals surface area (Å²) in [5.41, 5.74) is 4.84. The molecule has 4 rings (SSSR count). The maximum absolute atomic E-state index is 12.5. The maximum Gasteiger partial charge on any atom is 0.224 e. The van der Waals surface area contributed by atoms with Crippen LogP contribution in [-0.2, 0) is 32.0 Å². The zero-order chi connectivity index (χ0) is 33.1. The minimum absolute atomic E-state index is 0.0634. The number of unbranched alkanes of at least 4 members (excludes halogenated alkanes) is 4. The summed E-state index contributed by atoms with van der Waals surface area (Å²) in [5, 5.41) is 11.6. The van der Waals surface area contributed by atoms with Gasteiger partial charge < -0.3 is 21.3 Å². The van der Waals surface area contributed by atoms with E-state index in [2.05, 4.69) is 21.3 Å². The molecule has 0 spiro atoms. The summed E-state index contributed by atoms with van der Waals surface area (Å²) < 4.78 is 0. The molecule has 0 atom stereocenters. The minimum atomic E-state index is -0.0697. The number of hydrogen-bond donors (Lipinski definition) is 4. The molecule has 0 bridgehead atoms. The molecule has 47 heavy (non-hydrogen) atoms. The Balaban J connectivity index is 1.04. The van der Waals surface area contributed by atoms with Crippen LogP contribution in [0.5, 0.6) is 0 Å². The molecule has 0 fully saturated rings. The van der Waals surface area contributed by atoms with Crippen LogP contribution in [-0.4, -0.2) is 23.6 Å². The fourth-order valence-electron chi connectivity index (χ4n) is 5.15. The van der Waals surface area contributed by atoms with Crippen LogP contribution in [0.15, 0.2) is 109 Å². The first-order valence-corrected chi connectivity index (χ1v) is 16.4. The van der Waals surface area contributed by atoms with Crippen molar-refractivity contribution in [1.82, 2.24) is 0 Å². The van der Waals surface area contributed by atoms with Crippen molar-refractivity contribution in [2.45, 2.75) is 70.6 Å². The molecule has 0 unspecified atom stereocenters. The van der Waals surface area contributed by atoms with Gasteiger partial charge >= 0.3 is 0 Å². The molecular formula is C39H44N4O4. The Morgan fingerprint density at radius 1 is 0.362 bits per heavy atom. The third-order valence-electron chi connectivity index (χ3n) is 7.63. The van der Waals surface area contributed by atoms with E-state index in [-0.39, 0.29) is 23.6 Å². The Kier molecular flexibility index (Phi) is 14.2. The van der Waals surface area contributed by atoms with Crippen molar-refractivity contribution in [2.75, 3.05) is 21.3 Å². The van der Waals surface area contributed by atoms with Crippen molar-refractivity contribution < 1.29 is 19.2 Å². The fraction of sp³-hybridized carbons (Fsp3) is 0.282. The van der Waals surface area contributed by atoms with Crippen molar-refractivity contribution in [1.29, 1.82) is 0 Å². The molecule has 244 valence electrons. The van der Waals surface area contributed by atoms with E-state index in [0.717, 1.165) is 43.2 Å². The lowest BCUT2D eigenvalue weighted by atomic mass is 10.1. The van der Waals surface area contributed by atoms with Crippen molar-refractivity contribution >= 4 is 46.4 Å². The lowest BCUT2D eigenvalue weighted by molar-refractivity contribution is -0.117. The Labute approximate surface area is 277 Å². The van der Waals surface area contributed by atoms with Crippen molar-refractivity contribution in [3.05, 3.63) is 120 Å². The van der Waals surface area contributed by atoms with Gasteiger partial charge in [-0.3, -0.25) is 19.2 Å². The van der Waals surface area contributed by atoms with Crippen LogP contribution >= 0.6 is 0 Å². The molecule has 0 saturated heterocycles. The number of rotatable bonds is 18. The smallest absolute Gasteiger partial charge is 0.224 e. The lowest BCUT2D eigenvalue weighted by Crippen LogP contribution is -2.14. The molecule has 4 N–H and O–H groups in total. The first-order valence-electron chi connectivity index (χ1n) is 16.4. The second-order valence-electron chi connectivity index (χ2n) is 11.6. The van der Waals surface area contributed by atoms with Crippen LogP contribution in [0.4, 0.5) is 22.7 Å². The average Bonchev–Trinajstić information content (AvgIpc) is 3.07. The molecule has 0 aliphatic carbocycles. The van der Waals surface area contributed by atoms with Crippen molar-refractivity contribution in [2.24, 2.45) is 0 Å². The first kappa shape index (κ1) is 34.6. The standard InChI is InChI=1S/C39H44N4O4/c44-36(40-32-18-12-20-34(28-32)42-38(46)26-24-30-14-6-4-7-15-30)22-10-2-1-3-11-23-37(45)41-33-19-13-21-35(29-33)43-39(47)27-25-31-16-8-5-9-17-31/h4-9,12-21,28-29H,1-3,10-11,22-27H2,(H,40,44)(H,41,45)(H,42,46)(H,43,47). The molecule has 8 nitrogen and oxygen atoms in total. The lowest BCUT2D eigenvalue weighted by Gasteiger charge is -2.10. The van der Waals surface area contributed by atoms with E-state index >= 15 is 0 Å². The van der Waals surface area contributed by atoms with Gasteiger partial charge in [-0.1, -0.05) is 92.1 Å². The van der Waals surface area contributed by atoms with E-state index in [0.29, 0.717) is 61.3 Å². The number of anilines is 4. The monoisotopic (exact) mass is 632 g/mol. The molecule has 0 aromatic heterocycles. The molecular weight excluding hydrogens is 588 g/mol. The summed E-state index contributed by atoms with van der Waals surface area (Å²) in [7, 11) is 0. The summed E-state index contributed by atoms with van der Waals surface area (Å²) in [6, 6.07) is 34.1. The number of carbonyl (C=O) groups excluding carboxylic acids is 4. The third-order valence-corrected chi connectivity index (χ3v) is 7.63. The second-order valence-corrected chi connectivity index (χ2v) is 11.6. The van der Waals surface area contributed by atoms with Gasteiger partial charge in [-0.25, -0.2) is 0 Å². The second kappa shape index (κ2) is 19.3. The zero-order valence-electron chi connectivity index (χ0n) is 26.8. The van der Waals surface area contributed by atoms with Gasteiger partial charge in [0.25, 0.3) is 0 Å². The van der Waals surface area contributed by atoms with Crippen LogP contribution < -0.4 is 21.3 Å². The molecule has 4 aromatic rings. The first-order chi connectivity index (χ1) is 22.9. The zero-order valence-corrected chi connectivity index (χ0v) is 26.8. The maximum atomic E-state index is 12.5. The highest BCUT2D eigenvalue weighted by atomic mass is 16.2. The number of hydrogen-bond acceptors (Lipinski definition) is 4. The summed E-state index contributed by atoms with van der Waals surface area (Å²) in [6.07, 6.45) is 7.20. The topological polar surface area (TPSA) is 116 Å². The molecule has 0 heterocycles. The Morgan fingerprint density at radius 2 is 0.681 bits per heavy atom. The van der Waals surface area contributed by atoms with Crippen LogP contribution in [0, 0.1) is 0 Å². The van der Waals surface area contributed by atoms with Gasteiger partial charge in [-0.15, -0.1) is 0 Å². The normalized spacial score (nSPS) is 10.6. The summed E-state index contributed by atoms with van der Waals surface area (Å²) in [5.74, 6) is -0.266. The SMILES string of the molecule is O=C(CCCCCCCC(=O)Nc1cccc(NC(=O)CCc2ccccc2)c1)Nc1cccc(NC(=O)CCc2ccccc2)c1. The number of carbonyl (C=O) groups is 4. The van der Waals surface area contributed by atoms with Crippen molar-refractivity contribution in [3.8, 4) is 0 Å². The number of nitrogens with one attached hydrogen (secondary N) is 4. The van der Waals surface area contributed by atoms with E-state index in [1.807, 2.05) is 84.9 Å². The number of amides is 4. The number of benzene rings is 4. The number of aryl methyl sites for hydroxylation is 2. The molecule has 0 aliphatic rings. The van der Waals surface area contributed by atoms with E-state index in [4.69, 9.17) is 0 Å². The van der Waals surface area contributed by atoms with E-state index in [1.165, 1.54) is 0 Å². The molecule has 0 saturated carbocycles. The highest BCUT2D eigenvalue weighted by Gasteiger charge is 2.08. The highest BCUT2D eigenvalue weighted by Crippen LogP contribution is 2.18. The van der Waals surface area contributed by atoms with Gasteiger partial charge in [0.2, 0.25) is 23.6 Å². The van der Waals surface area contributed by atoms with Crippen LogP contribution in [0.1, 0.15) is 68.9 Å². The molecule has 0 aliphatic heterocycles. The van der Waals surface area contributed by atoms with Gasteiger partial charge in [0.05, 0.1) is 0 Å². The van der Waals surface area contributed by atoms with E-state index < -0.39 is 0 Å². The Bertz CT molecular complexity index is 1470. The highest BCUT2D eigenvalue weighted by molar-refractivity contribution is 5.95. The molecule has 0 radical (unpaired) electrons. The van der Waals surface area contributed by atoms with Gasteiger partial charge in [0.15, 0.2) is 0 Å². The van der Waals surface area contributed by atoms with Crippen LogP contribution in [0.3, 0.4) is 0 Å². The predicted octanol–water partition coefficient (Wildman–Crippen LogP) is 8.14. The molecule has 8 heteroatoms. The molecule has 4 amide bonds. The Morgan fingerprint density at radius 3 is 1.04 bits per heavy atom. The fourth-order valence-corrected chi connectivity index (χ4v) is 5.15. The largest absolute Gasteiger partial charge is 0.326 e. The Hall–Kier alpha value is -5.24. The van der Waals surface area contributed by atoms with Gasteiger partial charge in [-0.2, -0.15) is 0 Å². The quantitative estimate of drug-likeness (QED) is 0.0829. The summed E-state index contributed by atoms with van der Waals surface area (Å²) in [4.78, 5) is 49.6. The average molecular weight is 633 g/mol. The minimum Gasteiger partial charge on any atom is -0.326 e. The van der Waals surface area contributed by atoms with E-state index in [1.54, 1.807) is 24.3 Å².